The number of nitrogens with one attached hydrogen (secondary N) is 1. The first-order valence-corrected chi connectivity index (χ1v) is 9.15. The number of carbonyl (C=O) groups is 1. The van der Waals surface area contributed by atoms with Gasteiger partial charge in [-0.2, -0.15) is 0 Å². The number of benzene rings is 1. The molecule has 0 aliphatic rings. The highest BCUT2D eigenvalue weighted by molar-refractivity contribution is 5.96. The van der Waals surface area contributed by atoms with E-state index in [2.05, 4.69) is 5.32 Å². The number of fused-ring (bicyclic) bond motifs is 2. The van der Waals surface area contributed by atoms with Crippen molar-refractivity contribution < 1.29 is 13.6 Å². The van der Waals surface area contributed by atoms with Crippen LogP contribution in [0.2, 0.25) is 0 Å². The molecular formula is C21H26N2O4. The summed E-state index contributed by atoms with van der Waals surface area (Å²) in [5.41, 5.74) is 3.34. The lowest BCUT2D eigenvalue weighted by atomic mass is 10.0. The fourth-order valence-corrected chi connectivity index (χ4v) is 3.26. The normalized spacial score (nSPS) is 11.6. The van der Waals surface area contributed by atoms with Crippen molar-refractivity contribution in [3.8, 4) is 0 Å². The number of rotatable bonds is 6. The third kappa shape index (κ3) is 3.90. The molecule has 0 aliphatic carbocycles. The molecule has 0 radical (unpaired) electrons. The molecule has 0 bridgehead atoms. The van der Waals surface area contributed by atoms with Crippen LogP contribution in [-0.2, 0) is 11.2 Å². The van der Waals surface area contributed by atoms with Crippen molar-refractivity contribution in [1.82, 2.24) is 10.2 Å². The van der Waals surface area contributed by atoms with Gasteiger partial charge < -0.3 is 19.1 Å². The third-order valence-corrected chi connectivity index (χ3v) is 5.07. The summed E-state index contributed by atoms with van der Waals surface area (Å²) in [7, 11) is 3.91. The Balaban J connectivity index is 1.87. The van der Waals surface area contributed by atoms with Crippen LogP contribution in [0.1, 0.15) is 28.9 Å². The maximum atomic E-state index is 12.4. The van der Waals surface area contributed by atoms with Gasteiger partial charge in [-0.1, -0.05) is 0 Å². The first-order valence-electron chi connectivity index (χ1n) is 9.15. The van der Waals surface area contributed by atoms with Gasteiger partial charge in [0.2, 0.25) is 5.91 Å². The van der Waals surface area contributed by atoms with E-state index >= 15 is 0 Å². The van der Waals surface area contributed by atoms with Crippen molar-refractivity contribution >= 4 is 27.8 Å². The summed E-state index contributed by atoms with van der Waals surface area (Å²) in [5.74, 6) is 0.794. The van der Waals surface area contributed by atoms with E-state index in [-0.39, 0.29) is 18.0 Å². The topological polar surface area (TPSA) is 75.7 Å². The molecule has 3 aromatic rings. The number of amides is 1. The van der Waals surface area contributed by atoms with E-state index in [1.807, 2.05) is 45.8 Å². The molecule has 6 heteroatoms. The third-order valence-electron chi connectivity index (χ3n) is 5.07. The van der Waals surface area contributed by atoms with Gasteiger partial charge in [0.1, 0.15) is 16.9 Å². The van der Waals surface area contributed by atoms with E-state index in [4.69, 9.17) is 8.83 Å². The molecule has 0 aliphatic heterocycles. The van der Waals surface area contributed by atoms with Crippen LogP contribution in [0.15, 0.2) is 25.8 Å². The Morgan fingerprint density at radius 1 is 1.04 bits per heavy atom. The molecule has 2 heterocycles. The van der Waals surface area contributed by atoms with Crippen molar-refractivity contribution in [1.29, 1.82) is 0 Å². The standard InChI is InChI=1S/C21H26N2O4/c1-12-14(3)26-18-11-19-17(10-16(12)18)13(2)15(21(25)27-19)6-7-20(24)22-8-9-23(4)5/h10-11H,6-9H2,1-5H3,(H,22,24). The highest BCUT2D eigenvalue weighted by Gasteiger charge is 2.16. The van der Waals surface area contributed by atoms with E-state index in [0.717, 1.165) is 34.2 Å². The molecule has 27 heavy (non-hydrogen) atoms. The minimum absolute atomic E-state index is 0.0625. The average molecular weight is 370 g/mol. The fourth-order valence-electron chi connectivity index (χ4n) is 3.26. The van der Waals surface area contributed by atoms with Gasteiger partial charge in [-0.05, 0) is 58.5 Å². The zero-order valence-corrected chi connectivity index (χ0v) is 16.6. The lowest BCUT2D eigenvalue weighted by molar-refractivity contribution is -0.121. The van der Waals surface area contributed by atoms with Crippen molar-refractivity contribution in [2.75, 3.05) is 27.2 Å². The number of likely N-dealkylation sites (N-methyl/N-ethyl adjacent to an activating group) is 1. The van der Waals surface area contributed by atoms with Crippen LogP contribution in [0.5, 0.6) is 0 Å². The van der Waals surface area contributed by atoms with Crippen molar-refractivity contribution in [3.63, 3.8) is 0 Å². The van der Waals surface area contributed by atoms with Gasteiger partial charge in [0.25, 0.3) is 0 Å². The van der Waals surface area contributed by atoms with Gasteiger partial charge in [0.15, 0.2) is 0 Å². The predicted octanol–water partition coefficient (Wildman–Crippen LogP) is 3.07. The summed E-state index contributed by atoms with van der Waals surface area (Å²) in [6.45, 7) is 7.22. The SMILES string of the molecule is Cc1oc2cc3oc(=O)c(CCC(=O)NCCN(C)C)c(C)c3cc2c1C. The summed E-state index contributed by atoms with van der Waals surface area (Å²) in [6.07, 6.45) is 0.621. The largest absolute Gasteiger partial charge is 0.461 e. The second kappa shape index (κ2) is 7.56. The molecule has 1 aromatic carbocycles. The highest BCUT2D eigenvalue weighted by atomic mass is 16.4. The van der Waals surface area contributed by atoms with Crippen LogP contribution < -0.4 is 10.9 Å². The summed E-state index contributed by atoms with van der Waals surface area (Å²) < 4.78 is 11.3. The molecule has 1 N–H and O–H groups in total. The van der Waals surface area contributed by atoms with Gasteiger partial charge >= 0.3 is 5.63 Å². The van der Waals surface area contributed by atoms with Crippen molar-refractivity contribution in [3.05, 3.63) is 45.0 Å². The molecule has 0 spiro atoms. The van der Waals surface area contributed by atoms with E-state index in [1.165, 1.54) is 0 Å². The van der Waals surface area contributed by atoms with Crippen molar-refractivity contribution in [2.45, 2.75) is 33.6 Å². The lowest BCUT2D eigenvalue weighted by Gasteiger charge is -2.11. The summed E-state index contributed by atoms with van der Waals surface area (Å²) in [5, 5.41) is 4.77. The first kappa shape index (κ1) is 19.2. The summed E-state index contributed by atoms with van der Waals surface area (Å²) in [6, 6.07) is 3.78. The minimum atomic E-state index is -0.388. The molecular weight excluding hydrogens is 344 g/mol. The molecule has 6 nitrogen and oxygen atoms in total. The molecule has 1 amide bonds. The zero-order valence-electron chi connectivity index (χ0n) is 16.6. The molecule has 2 aromatic heterocycles. The Morgan fingerprint density at radius 3 is 2.41 bits per heavy atom. The molecule has 0 saturated carbocycles. The van der Waals surface area contributed by atoms with Crippen molar-refractivity contribution in [2.24, 2.45) is 0 Å². The molecule has 0 fully saturated rings. The van der Waals surface area contributed by atoms with Gasteiger partial charge in [0.05, 0.1) is 0 Å². The monoisotopic (exact) mass is 370 g/mol. The Hall–Kier alpha value is -2.60. The molecule has 0 saturated heterocycles. The van der Waals surface area contributed by atoms with Crippen LogP contribution >= 0.6 is 0 Å². The second-order valence-corrected chi connectivity index (χ2v) is 7.27. The molecule has 3 rings (SSSR count). The highest BCUT2D eigenvalue weighted by Crippen LogP contribution is 2.31. The van der Waals surface area contributed by atoms with Crippen LogP contribution in [0.4, 0.5) is 0 Å². The predicted molar refractivity (Wildman–Crippen MR) is 106 cm³/mol. The summed E-state index contributed by atoms with van der Waals surface area (Å²) in [4.78, 5) is 26.5. The minimum Gasteiger partial charge on any atom is -0.461 e. The average Bonchev–Trinajstić information content (AvgIpc) is 2.86. The number of hydrogen-bond acceptors (Lipinski definition) is 5. The number of hydrogen-bond donors (Lipinski definition) is 1. The lowest BCUT2D eigenvalue weighted by Crippen LogP contribution is -2.31. The van der Waals surface area contributed by atoms with E-state index < -0.39 is 0 Å². The van der Waals surface area contributed by atoms with Crippen LogP contribution in [0, 0.1) is 20.8 Å². The fraction of sp³-hybridized carbons (Fsp3) is 0.429. The maximum Gasteiger partial charge on any atom is 0.339 e. The van der Waals surface area contributed by atoms with Gasteiger partial charge in [-0.25, -0.2) is 4.79 Å². The van der Waals surface area contributed by atoms with E-state index in [0.29, 0.717) is 29.7 Å². The van der Waals surface area contributed by atoms with E-state index in [1.54, 1.807) is 6.07 Å². The molecule has 144 valence electrons. The van der Waals surface area contributed by atoms with E-state index in [9.17, 15) is 9.59 Å². The van der Waals surface area contributed by atoms with Gasteiger partial charge in [0, 0.05) is 41.9 Å². The number of carbonyl (C=O) groups excluding carboxylic acids is 1. The summed E-state index contributed by atoms with van der Waals surface area (Å²) >= 11 is 0. The number of aryl methyl sites for hydroxylation is 3. The van der Waals surface area contributed by atoms with Crippen LogP contribution in [-0.4, -0.2) is 38.0 Å². The first-order chi connectivity index (χ1) is 12.8. The van der Waals surface area contributed by atoms with Crippen LogP contribution in [0.25, 0.3) is 21.9 Å². The Kier molecular flexibility index (Phi) is 5.37. The Morgan fingerprint density at radius 2 is 1.70 bits per heavy atom. The van der Waals surface area contributed by atoms with Gasteiger partial charge in [-0.15, -0.1) is 0 Å². The number of furan rings is 1. The maximum absolute atomic E-state index is 12.4. The van der Waals surface area contributed by atoms with Crippen LogP contribution in [0.3, 0.4) is 0 Å². The Bertz CT molecular complexity index is 1060. The molecule has 0 unspecified atom stereocenters. The Labute approximate surface area is 158 Å². The zero-order chi connectivity index (χ0) is 19.7. The second-order valence-electron chi connectivity index (χ2n) is 7.27. The van der Waals surface area contributed by atoms with Gasteiger partial charge in [-0.3, -0.25) is 4.79 Å². The molecule has 0 atom stereocenters. The quantitative estimate of drug-likeness (QED) is 0.675. The smallest absolute Gasteiger partial charge is 0.339 e. The number of nitrogens with zero attached hydrogens (tertiary/aromatic N) is 1.